The van der Waals surface area contributed by atoms with E-state index in [1.165, 1.54) is 4.90 Å². The van der Waals surface area contributed by atoms with Crippen LogP contribution in [0.5, 0.6) is 0 Å². The fraction of sp³-hybridized carbons (Fsp3) is 0.455. The van der Waals surface area contributed by atoms with Crippen molar-refractivity contribution in [3.63, 3.8) is 0 Å². The molecule has 0 saturated carbocycles. The Morgan fingerprint density at radius 3 is 2.54 bits per heavy atom. The topological polar surface area (TPSA) is 23.5 Å². The van der Waals surface area contributed by atoms with E-state index in [0.717, 1.165) is 5.56 Å². The first-order valence-electron chi connectivity index (χ1n) is 5.34. The Labute approximate surface area is 82.6 Å². The van der Waals surface area contributed by atoms with Gasteiger partial charge in [-0.15, -0.1) is 0 Å². The average Bonchev–Trinajstić information content (AvgIpc) is 2.18. The van der Waals surface area contributed by atoms with E-state index >= 15 is 0 Å². The molecule has 1 atom stereocenters. The lowest BCUT2D eigenvalue weighted by atomic mass is 10.1. The van der Waals surface area contributed by atoms with E-state index < -0.39 is 12.6 Å². The van der Waals surface area contributed by atoms with Crippen LogP contribution in [-0.4, -0.2) is 30.6 Å². The summed E-state index contributed by atoms with van der Waals surface area (Å²) in [5.74, 6) is 0. The van der Waals surface area contributed by atoms with E-state index in [4.69, 9.17) is 2.74 Å². The molecule has 13 heavy (non-hydrogen) atoms. The van der Waals surface area contributed by atoms with Gasteiger partial charge in [0.1, 0.15) is 0 Å². The zero-order chi connectivity index (χ0) is 11.5. The minimum Gasteiger partial charge on any atom is -0.388 e. The molecule has 0 unspecified atom stereocenters. The summed E-state index contributed by atoms with van der Waals surface area (Å²) in [5.41, 5.74) is 0.753. The maximum Gasteiger partial charge on any atom is 0.0802 e. The summed E-state index contributed by atoms with van der Waals surface area (Å²) >= 11 is 0. The molecule has 0 aliphatic heterocycles. The van der Waals surface area contributed by atoms with Gasteiger partial charge in [0.2, 0.25) is 0 Å². The van der Waals surface area contributed by atoms with E-state index in [1.54, 1.807) is 26.2 Å². The zero-order valence-corrected chi connectivity index (χ0v) is 8.07. The van der Waals surface area contributed by atoms with Crippen LogP contribution in [0.4, 0.5) is 0 Å². The minimum absolute atomic E-state index is 0.0734. The van der Waals surface area contributed by atoms with Gasteiger partial charge in [0.15, 0.2) is 0 Å². The maximum absolute atomic E-state index is 9.84. The van der Waals surface area contributed by atoms with E-state index in [2.05, 4.69) is 0 Å². The van der Waals surface area contributed by atoms with Gasteiger partial charge in [-0.2, -0.15) is 0 Å². The Morgan fingerprint density at radius 1 is 1.38 bits per heavy atom. The summed E-state index contributed by atoms with van der Waals surface area (Å²) < 4.78 is 15.4. The third-order valence-corrected chi connectivity index (χ3v) is 1.79. The molecule has 2 nitrogen and oxygen atoms in total. The fourth-order valence-corrected chi connectivity index (χ4v) is 1.06. The van der Waals surface area contributed by atoms with Crippen LogP contribution < -0.4 is 0 Å². The number of rotatable bonds is 4. The van der Waals surface area contributed by atoms with Crippen LogP contribution in [0.15, 0.2) is 30.3 Å². The second-order valence-corrected chi connectivity index (χ2v) is 3.18. The van der Waals surface area contributed by atoms with Crippen molar-refractivity contribution < 1.29 is 7.85 Å². The third kappa shape index (κ3) is 3.57. The molecular formula is C11H17NO. The molecule has 1 aromatic carbocycles. The molecule has 1 aromatic rings. The number of aliphatic hydroxyl groups excluding tert-OH is 1. The highest BCUT2D eigenvalue weighted by molar-refractivity contribution is 5.17. The van der Waals surface area contributed by atoms with Crippen LogP contribution in [0.1, 0.15) is 20.8 Å². The standard InChI is InChI=1S/C11H17NO/c1-12(2)9-8-11(13)10-6-4-3-5-7-10/h3-7,11,13H,8-9H2,1-2H3/t11-/m0/s1/i9D2. The van der Waals surface area contributed by atoms with Crippen molar-refractivity contribution in [2.75, 3.05) is 20.6 Å². The molecule has 0 bridgehead atoms. The molecular weight excluding hydrogens is 162 g/mol. The summed E-state index contributed by atoms with van der Waals surface area (Å²) in [6.45, 7) is -1.49. The third-order valence-electron chi connectivity index (χ3n) is 1.79. The van der Waals surface area contributed by atoms with Crippen LogP contribution in [0.25, 0.3) is 0 Å². The van der Waals surface area contributed by atoms with Crippen molar-refractivity contribution in [2.24, 2.45) is 0 Å². The van der Waals surface area contributed by atoms with Crippen molar-refractivity contribution in [3.8, 4) is 0 Å². The van der Waals surface area contributed by atoms with Gasteiger partial charge in [0, 0.05) is 9.24 Å². The van der Waals surface area contributed by atoms with Crippen LogP contribution in [0.3, 0.4) is 0 Å². The molecule has 0 radical (unpaired) electrons. The lowest BCUT2D eigenvalue weighted by Gasteiger charge is -2.14. The smallest absolute Gasteiger partial charge is 0.0802 e. The predicted octanol–water partition coefficient (Wildman–Crippen LogP) is 1.67. The lowest BCUT2D eigenvalue weighted by Crippen LogP contribution is -2.15. The van der Waals surface area contributed by atoms with Gasteiger partial charge < -0.3 is 10.0 Å². The first kappa shape index (κ1) is 7.54. The lowest BCUT2D eigenvalue weighted by molar-refractivity contribution is 0.154. The largest absolute Gasteiger partial charge is 0.388 e. The predicted molar refractivity (Wildman–Crippen MR) is 54.6 cm³/mol. The summed E-state index contributed by atoms with van der Waals surface area (Å²) in [6, 6.07) is 9.15. The molecule has 0 aliphatic rings. The SMILES string of the molecule is [2H]C([2H])(C[C@H](O)c1ccccc1)N(C)C. The van der Waals surface area contributed by atoms with Crippen LogP contribution in [-0.2, 0) is 0 Å². The number of hydrogen-bond acceptors (Lipinski definition) is 2. The Morgan fingerprint density at radius 2 is 2.00 bits per heavy atom. The molecule has 72 valence electrons. The Hall–Kier alpha value is -0.860. The molecule has 1 N–H and O–H groups in total. The quantitative estimate of drug-likeness (QED) is 0.763. The van der Waals surface area contributed by atoms with Gasteiger partial charge in [0.25, 0.3) is 0 Å². The highest BCUT2D eigenvalue weighted by Crippen LogP contribution is 2.15. The molecule has 0 spiro atoms. The highest BCUT2D eigenvalue weighted by atomic mass is 16.3. The summed E-state index contributed by atoms with van der Waals surface area (Å²) in [4.78, 5) is 1.47. The first-order valence-corrected chi connectivity index (χ1v) is 4.34. The molecule has 1 rings (SSSR count). The molecule has 2 heteroatoms. The highest BCUT2D eigenvalue weighted by Gasteiger charge is 2.06. The van der Waals surface area contributed by atoms with E-state index in [0.29, 0.717) is 0 Å². The molecule has 0 saturated heterocycles. The monoisotopic (exact) mass is 181 g/mol. The van der Waals surface area contributed by atoms with Gasteiger partial charge in [-0.3, -0.25) is 0 Å². The average molecular weight is 181 g/mol. The van der Waals surface area contributed by atoms with E-state index in [-0.39, 0.29) is 6.42 Å². The van der Waals surface area contributed by atoms with Crippen molar-refractivity contribution in [1.82, 2.24) is 4.90 Å². The Balaban J connectivity index is 2.68. The number of hydrogen-bond donors (Lipinski definition) is 1. The second kappa shape index (κ2) is 5.00. The Kier molecular flexibility index (Phi) is 2.90. The normalized spacial score (nSPS) is 16.6. The second-order valence-electron chi connectivity index (χ2n) is 3.18. The first-order chi connectivity index (χ1) is 6.93. The summed E-state index contributed by atoms with van der Waals surface area (Å²) in [7, 11) is 3.33. The van der Waals surface area contributed by atoms with Crippen LogP contribution in [0, 0.1) is 0 Å². The van der Waals surface area contributed by atoms with Gasteiger partial charge in [-0.1, -0.05) is 30.3 Å². The maximum atomic E-state index is 9.84. The number of aliphatic hydroxyl groups is 1. The van der Waals surface area contributed by atoms with Crippen molar-refractivity contribution in [1.29, 1.82) is 0 Å². The van der Waals surface area contributed by atoms with Crippen molar-refractivity contribution in [2.45, 2.75) is 12.5 Å². The van der Waals surface area contributed by atoms with Crippen LogP contribution >= 0.6 is 0 Å². The number of nitrogens with zero attached hydrogens (tertiary/aromatic N) is 1. The van der Waals surface area contributed by atoms with Crippen LogP contribution in [0.2, 0.25) is 0 Å². The van der Waals surface area contributed by atoms with Gasteiger partial charge in [-0.05, 0) is 26.1 Å². The van der Waals surface area contributed by atoms with E-state index in [9.17, 15) is 5.11 Å². The zero-order valence-electron chi connectivity index (χ0n) is 10.1. The molecule has 0 fully saturated rings. The molecule has 0 heterocycles. The van der Waals surface area contributed by atoms with Gasteiger partial charge in [-0.25, -0.2) is 0 Å². The fourth-order valence-electron chi connectivity index (χ4n) is 1.06. The van der Waals surface area contributed by atoms with Crippen molar-refractivity contribution >= 4 is 0 Å². The van der Waals surface area contributed by atoms with Gasteiger partial charge >= 0.3 is 0 Å². The minimum atomic E-state index is -1.49. The van der Waals surface area contributed by atoms with Gasteiger partial charge in [0.05, 0.1) is 6.10 Å². The summed E-state index contributed by atoms with van der Waals surface area (Å²) in [6.07, 6.45) is -0.687. The molecule has 0 amide bonds. The van der Waals surface area contributed by atoms with E-state index in [1.807, 2.05) is 18.2 Å². The number of benzene rings is 1. The van der Waals surface area contributed by atoms with Crippen molar-refractivity contribution in [3.05, 3.63) is 35.9 Å². The molecule has 0 aliphatic carbocycles. The Bertz CT molecular complexity index is 301. The summed E-state index contributed by atoms with van der Waals surface area (Å²) in [5, 5.41) is 9.84. The molecule has 0 aromatic heterocycles.